The highest BCUT2D eigenvalue weighted by atomic mass is 35.5. The summed E-state index contributed by atoms with van der Waals surface area (Å²) < 4.78 is 55.9. The molecule has 1 N–H and O–H groups in total. The number of alkyl halides is 4. The smallest absolute Gasteiger partial charge is 0.329 e. The summed E-state index contributed by atoms with van der Waals surface area (Å²) in [6, 6.07) is 3.42. The lowest BCUT2D eigenvalue weighted by Gasteiger charge is -2.20. The van der Waals surface area contributed by atoms with Gasteiger partial charge in [0.15, 0.2) is 0 Å². The van der Waals surface area contributed by atoms with Gasteiger partial charge in [0.25, 0.3) is 0 Å². The van der Waals surface area contributed by atoms with E-state index in [2.05, 4.69) is 15.4 Å². The van der Waals surface area contributed by atoms with Crippen LogP contribution in [0, 0.1) is 0 Å². The minimum Gasteiger partial charge on any atom is -0.344 e. The fourth-order valence-electron chi connectivity index (χ4n) is 3.58. The van der Waals surface area contributed by atoms with Gasteiger partial charge < -0.3 is 10.2 Å². The van der Waals surface area contributed by atoms with E-state index in [1.54, 1.807) is 30.2 Å². The van der Waals surface area contributed by atoms with Crippen LogP contribution in [0.4, 0.5) is 23.4 Å². The van der Waals surface area contributed by atoms with Gasteiger partial charge in [0.2, 0.25) is 0 Å². The summed E-state index contributed by atoms with van der Waals surface area (Å²) in [6.45, 7) is -0.405. The van der Waals surface area contributed by atoms with E-state index in [9.17, 15) is 17.6 Å². The lowest BCUT2D eigenvalue weighted by Crippen LogP contribution is -2.38. The number of rotatable bonds is 3. The Bertz CT molecular complexity index is 803. The molecule has 148 valence electrons. The Morgan fingerprint density at radius 1 is 1.19 bits per heavy atom. The van der Waals surface area contributed by atoms with Crippen LogP contribution in [0.25, 0.3) is 11.3 Å². The standard InChI is InChI=1S/C17H19F4N5.ClH/c1-25-5-3-14(24-25)12-6-15(23-8-13(12)11-2-4-22-7-11)26-9-16(18,19)17(20,21)10-26;/h3,5-6,8,11,22H,2,4,7,9-10H2,1H3;1H. The fraction of sp³-hybridized carbons (Fsp3) is 0.529. The van der Waals surface area contributed by atoms with Crippen molar-refractivity contribution in [2.24, 2.45) is 7.05 Å². The van der Waals surface area contributed by atoms with E-state index in [1.165, 1.54) is 0 Å². The van der Waals surface area contributed by atoms with Gasteiger partial charge in [-0.05, 0) is 36.6 Å². The molecule has 5 nitrogen and oxygen atoms in total. The van der Waals surface area contributed by atoms with Crippen molar-refractivity contribution in [3.8, 4) is 11.3 Å². The number of anilines is 1. The summed E-state index contributed by atoms with van der Waals surface area (Å²) >= 11 is 0. The zero-order valence-corrected chi connectivity index (χ0v) is 15.4. The first kappa shape index (κ1) is 19.9. The molecule has 1 unspecified atom stereocenters. The number of halogens is 5. The van der Waals surface area contributed by atoms with Crippen LogP contribution in [0.5, 0.6) is 0 Å². The quantitative estimate of drug-likeness (QED) is 0.797. The molecule has 0 aliphatic carbocycles. The van der Waals surface area contributed by atoms with Crippen LogP contribution < -0.4 is 10.2 Å². The van der Waals surface area contributed by atoms with Gasteiger partial charge in [0.1, 0.15) is 5.82 Å². The molecule has 0 radical (unpaired) electrons. The summed E-state index contributed by atoms with van der Waals surface area (Å²) in [4.78, 5) is 5.17. The second kappa shape index (κ2) is 6.94. The van der Waals surface area contributed by atoms with Crippen molar-refractivity contribution in [2.45, 2.75) is 24.2 Å². The van der Waals surface area contributed by atoms with Crippen LogP contribution in [0.15, 0.2) is 24.5 Å². The summed E-state index contributed by atoms with van der Waals surface area (Å²) in [7, 11) is 1.78. The third kappa shape index (κ3) is 3.50. The Morgan fingerprint density at radius 3 is 2.44 bits per heavy atom. The molecular formula is C17H20ClF4N5. The van der Waals surface area contributed by atoms with Crippen LogP contribution in [0.2, 0.25) is 0 Å². The monoisotopic (exact) mass is 405 g/mol. The molecule has 10 heteroatoms. The van der Waals surface area contributed by atoms with Crippen molar-refractivity contribution in [1.82, 2.24) is 20.1 Å². The van der Waals surface area contributed by atoms with Crippen molar-refractivity contribution < 1.29 is 17.6 Å². The average Bonchev–Trinajstić information content (AvgIpc) is 3.28. The fourth-order valence-corrected chi connectivity index (χ4v) is 3.58. The number of nitrogens with one attached hydrogen (secondary N) is 1. The van der Waals surface area contributed by atoms with Crippen molar-refractivity contribution in [1.29, 1.82) is 0 Å². The molecule has 0 bridgehead atoms. The highest BCUT2D eigenvalue weighted by molar-refractivity contribution is 5.85. The van der Waals surface area contributed by atoms with Crippen LogP contribution >= 0.6 is 12.4 Å². The van der Waals surface area contributed by atoms with Crippen LogP contribution in [0.1, 0.15) is 17.9 Å². The maximum absolute atomic E-state index is 13.6. The molecule has 2 aromatic rings. The molecule has 0 spiro atoms. The number of hydrogen-bond acceptors (Lipinski definition) is 4. The number of hydrogen-bond donors (Lipinski definition) is 1. The van der Waals surface area contributed by atoms with E-state index >= 15 is 0 Å². The first-order chi connectivity index (χ1) is 12.3. The van der Waals surface area contributed by atoms with Crippen molar-refractivity contribution in [3.05, 3.63) is 30.1 Å². The van der Waals surface area contributed by atoms with E-state index in [0.717, 1.165) is 35.5 Å². The highest BCUT2D eigenvalue weighted by Crippen LogP contribution is 2.43. The summed E-state index contributed by atoms with van der Waals surface area (Å²) in [5.41, 5.74) is 2.38. The molecule has 2 aromatic heterocycles. The van der Waals surface area contributed by atoms with Crippen LogP contribution in [-0.4, -0.2) is 52.8 Å². The predicted octanol–water partition coefficient (Wildman–Crippen LogP) is 3.07. The second-order valence-corrected chi connectivity index (χ2v) is 6.96. The number of nitrogens with zero attached hydrogens (tertiary/aromatic N) is 4. The minimum atomic E-state index is -4.06. The molecule has 27 heavy (non-hydrogen) atoms. The summed E-state index contributed by atoms with van der Waals surface area (Å²) in [6.07, 6.45) is 4.33. The molecular weight excluding hydrogens is 386 g/mol. The first-order valence-electron chi connectivity index (χ1n) is 8.48. The van der Waals surface area contributed by atoms with E-state index < -0.39 is 24.9 Å². The van der Waals surface area contributed by atoms with Gasteiger partial charge in [-0.15, -0.1) is 12.4 Å². The van der Waals surface area contributed by atoms with Crippen molar-refractivity contribution in [3.63, 3.8) is 0 Å². The molecule has 1 atom stereocenters. The van der Waals surface area contributed by atoms with Gasteiger partial charge in [-0.25, -0.2) is 4.98 Å². The normalized spacial score (nSPS) is 23.4. The van der Waals surface area contributed by atoms with Crippen molar-refractivity contribution in [2.75, 3.05) is 31.1 Å². The van der Waals surface area contributed by atoms with E-state index in [0.29, 0.717) is 5.69 Å². The molecule has 2 aliphatic heterocycles. The maximum atomic E-state index is 13.6. The lowest BCUT2D eigenvalue weighted by atomic mass is 9.93. The van der Waals surface area contributed by atoms with Crippen molar-refractivity contribution >= 4 is 18.2 Å². The molecule has 0 aromatic carbocycles. The molecule has 4 rings (SSSR count). The summed E-state index contributed by atoms with van der Waals surface area (Å²) in [5, 5.41) is 7.68. The molecule has 4 heterocycles. The Hall–Kier alpha value is -1.87. The highest BCUT2D eigenvalue weighted by Gasteiger charge is 2.63. The number of aryl methyl sites for hydroxylation is 1. The average molecular weight is 406 g/mol. The lowest BCUT2D eigenvalue weighted by molar-refractivity contribution is -0.172. The Morgan fingerprint density at radius 2 is 1.89 bits per heavy atom. The molecule has 0 saturated carbocycles. The van der Waals surface area contributed by atoms with E-state index in [1.807, 2.05) is 6.07 Å². The van der Waals surface area contributed by atoms with Crippen LogP contribution in [-0.2, 0) is 7.05 Å². The first-order valence-corrected chi connectivity index (χ1v) is 8.48. The third-order valence-corrected chi connectivity index (χ3v) is 5.05. The SMILES string of the molecule is Cl.Cn1ccc(-c2cc(N3CC(F)(F)C(F)(F)C3)ncc2C2CCNC2)n1. The number of aromatic nitrogens is 3. The topological polar surface area (TPSA) is 46.0 Å². The van der Waals surface area contributed by atoms with Gasteiger partial charge in [-0.3, -0.25) is 4.68 Å². The largest absolute Gasteiger partial charge is 0.344 e. The van der Waals surface area contributed by atoms with Crippen LogP contribution in [0.3, 0.4) is 0 Å². The van der Waals surface area contributed by atoms with E-state index in [4.69, 9.17) is 0 Å². The Labute approximate surface area is 160 Å². The second-order valence-electron chi connectivity index (χ2n) is 6.96. The molecule has 2 saturated heterocycles. The molecule has 2 fully saturated rings. The molecule has 0 amide bonds. The van der Waals surface area contributed by atoms with Gasteiger partial charge >= 0.3 is 11.8 Å². The van der Waals surface area contributed by atoms with Gasteiger partial charge in [0.05, 0.1) is 18.8 Å². The molecule has 2 aliphatic rings. The summed E-state index contributed by atoms with van der Waals surface area (Å²) in [5.74, 6) is -7.77. The van der Waals surface area contributed by atoms with E-state index in [-0.39, 0.29) is 24.1 Å². The zero-order chi connectivity index (χ0) is 18.5. The number of pyridine rings is 1. The predicted molar refractivity (Wildman–Crippen MR) is 96.0 cm³/mol. The zero-order valence-electron chi connectivity index (χ0n) is 14.6. The maximum Gasteiger partial charge on any atom is 0.329 e. The van der Waals surface area contributed by atoms with Gasteiger partial charge in [0, 0.05) is 31.5 Å². The minimum absolute atomic E-state index is 0. The third-order valence-electron chi connectivity index (χ3n) is 5.05. The Kier molecular flexibility index (Phi) is 5.11. The Balaban J connectivity index is 0.00000210. The van der Waals surface area contributed by atoms with Gasteiger partial charge in [-0.2, -0.15) is 22.7 Å². The van der Waals surface area contributed by atoms with Gasteiger partial charge in [-0.1, -0.05) is 0 Å².